The predicted octanol–water partition coefficient (Wildman–Crippen LogP) is 1.09. The van der Waals surface area contributed by atoms with E-state index in [1.807, 2.05) is 11.0 Å². The third-order valence-corrected chi connectivity index (χ3v) is 4.23. The van der Waals surface area contributed by atoms with E-state index in [1.165, 1.54) is 0 Å². The van der Waals surface area contributed by atoms with Gasteiger partial charge in [0.1, 0.15) is 0 Å². The van der Waals surface area contributed by atoms with Gasteiger partial charge in [-0.1, -0.05) is 0 Å². The molecule has 2 fully saturated rings. The van der Waals surface area contributed by atoms with Crippen LogP contribution >= 0.6 is 22.6 Å². The second-order valence-electron chi connectivity index (χ2n) is 4.68. The lowest BCUT2D eigenvalue weighted by atomic mass is 10.1. The average molecular weight is 358 g/mol. The summed E-state index contributed by atoms with van der Waals surface area (Å²) in [6.07, 6.45) is 0. The Hall–Kier alpha value is -1.18. The standard InChI is InChI=1S/C12H15IN4O/c13-8-1-2-11(10(14)5-8)16-3-4-17-9(7-16)6-15-12(17)18/h1-2,5,9H,3-4,6-7,14H2,(H,15,18). The van der Waals surface area contributed by atoms with Gasteiger partial charge in [-0.05, 0) is 40.8 Å². The van der Waals surface area contributed by atoms with Crippen LogP contribution in [0, 0.1) is 3.57 Å². The molecule has 0 radical (unpaired) electrons. The van der Waals surface area contributed by atoms with E-state index in [4.69, 9.17) is 5.73 Å². The summed E-state index contributed by atoms with van der Waals surface area (Å²) in [5.41, 5.74) is 7.96. The van der Waals surface area contributed by atoms with E-state index in [0.717, 1.165) is 41.1 Å². The Morgan fingerprint density at radius 1 is 1.39 bits per heavy atom. The van der Waals surface area contributed by atoms with E-state index < -0.39 is 0 Å². The van der Waals surface area contributed by atoms with Crippen molar-refractivity contribution in [3.8, 4) is 0 Å². The summed E-state index contributed by atoms with van der Waals surface area (Å²) in [5.74, 6) is 0. The highest BCUT2D eigenvalue weighted by Gasteiger charge is 2.35. The number of nitrogen functional groups attached to an aromatic ring is 1. The zero-order valence-corrected chi connectivity index (χ0v) is 12.1. The Labute approximate surface area is 119 Å². The molecule has 5 nitrogen and oxygen atoms in total. The van der Waals surface area contributed by atoms with Crippen LogP contribution in [0.5, 0.6) is 0 Å². The number of rotatable bonds is 1. The minimum absolute atomic E-state index is 0.0650. The number of nitrogens with zero attached hydrogens (tertiary/aromatic N) is 2. The number of hydrogen-bond donors (Lipinski definition) is 2. The van der Waals surface area contributed by atoms with Crippen molar-refractivity contribution in [2.45, 2.75) is 6.04 Å². The van der Waals surface area contributed by atoms with Crippen LogP contribution in [0.15, 0.2) is 18.2 Å². The molecule has 1 atom stereocenters. The summed E-state index contributed by atoms with van der Waals surface area (Å²) in [6.45, 7) is 3.19. The number of nitrogens with two attached hydrogens (primary N) is 1. The quantitative estimate of drug-likeness (QED) is 0.584. The van der Waals surface area contributed by atoms with Crippen molar-refractivity contribution in [3.05, 3.63) is 21.8 Å². The van der Waals surface area contributed by atoms with Crippen LogP contribution < -0.4 is 16.0 Å². The second kappa shape index (κ2) is 4.49. The first-order valence-corrected chi connectivity index (χ1v) is 7.07. The molecule has 1 unspecified atom stereocenters. The number of nitrogens with one attached hydrogen (secondary N) is 1. The molecular formula is C12H15IN4O. The monoisotopic (exact) mass is 358 g/mol. The van der Waals surface area contributed by atoms with Crippen LogP contribution in [0.2, 0.25) is 0 Å². The summed E-state index contributed by atoms with van der Waals surface area (Å²) >= 11 is 2.26. The Balaban J connectivity index is 1.80. The molecule has 0 aliphatic carbocycles. The number of piperazine rings is 1. The molecule has 2 saturated heterocycles. The topological polar surface area (TPSA) is 61.6 Å². The first-order valence-electron chi connectivity index (χ1n) is 5.99. The number of hydrogen-bond acceptors (Lipinski definition) is 3. The normalized spacial score (nSPS) is 22.9. The molecule has 1 aromatic carbocycles. The number of carbonyl (C=O) groups excluding carboxylic acids is 1. The van der Waals surface area contributed by atoms with Crippen molar-refractivity contribution in [1.82, 2.24) is 10.2 Å². The largest absolute Gasteiger partial charge is 0.397 e. The maximum absolute atomic E-state index is 11.5. The SMILES string of the molecule is Nc1cc(I)ccc1N1CCN2C(=O)NCC2C1. The highest BCUT2D eigenvalue weighted by Crippen LogP contribution is 2.28. The van der Waals surface area contributed by atoms with Gasteiger partial charge in [-0.15, -0.1) is 0 Å². The molecule has 0 aromatic heterocycles. The Morgan fingerprint density at radius 2 is 2.22 bits per heavy atom. The highest BCUT2D eigenvalue weighted by molar-refractivity contribution is 14.1. The number of anilines is 2. The van der Waals surface area contributed by atoms with E-state index in [2.05, 4.69) is 44.9 Å². The molecule has 2 amide bonds. The lowest BCUT2D eigenvalue weighted by molar-refractivity contribution is 0.198. The molecule has 0 bridgehead atoms. The molecule has 2 aliphatic heterocycles. The molecule has 18 heavy (non-hydrogen) atoms. The molecule has 6 heteroatoms. The summed E-state index contributed by atoms with van der Waals surface area (Å²) < 4.78 is 1.14. The molecule has 0 spiro atoms. The van der Waals surface area contributed by atoms with E-state index in [-0.39, 0.29) is 12.1 Å². The van der Waals surface area contributed by atoms with Crippen molar-refractivity contribution in [1.29, 1.82) is 0 Å². The number of urea groups is 1. The van der Waals surface area contributed by atoms with Gasteiger partial charge in [0, 0.05) is 29.7 Å². The van der Waals surface area contributed by atoms with Crippen LogP contribution in [0.3, 0.4) is 0 Å². The van der Waals surface area contributed by atoms with Crippen molar-refractivity contribution < 1.29 is 4.79 Å². The number of carbonyl (C=O) groups is 1. The fourth-order valence-electron chi connectivity index (χ4n) is 2.64. The Bertz CT molecular complexity index is 493. The van der Waals surface area contributed by atoms with Gasteiger partial charge in [0.25, 0.3) is 0 Å². The van der Waals surface area contributed by atoms with Gasteiger partial charge in [-0.25, -0.2) is 4.79 Å². The molecule has 3 N–H and O–H groups in total. The third-order valence-electron chi connectivity index (χ3n) is 3.56. The van der Waals surface area contributed by atoms with Crippen molar-refractivity contribution in [2.75, 3.05) is 36.8 Å². The smallest absolute Gasteiger partial charge is 0.317 e. The summed E-state index contributed by atoms with van der Waals surface area (Å²) in [7, 11) is 0. The van der Waals surface area contributed by atoms with E-state index >= 15 is 0 Å². The van der Waals surface area contributed by atoms with Gasteiger partial charge in [-0.2, -0.15) is 0 Å². The molecule has 3 rings (SSSR count). The van der Waals surface area contributed by atoms with Gasteiger partial charge in [0.2, 0.25) is 0 Å². The molecule has 96 valence electrons. The van der Waals surface area contributed by atoms with Crippen LogP contribution in [0.25, 0.3) is 0 Å². The molecule has 2 heterocycles. The van der Waals surface area contributed by atoms with Crippen LogP contribution in [0.4, 0.5) is 16.2 Å². The summed E-state index contributed by atoms with van der Waals surface area (Å²) in [4.78, 5) is 15.7. The predicted molar refractivity (Wildman–Crippen MR) is 79.7 cm³/mol. The highest BCUT2D eigenvalue weighted by atomic mass is 127. The van der Waals surface area contributed by atoms with E-state index in [9.17, 15) is 4.79 Å². The van der Waals surface area contributed by atoms with Crippen molar-refractivity contribution in [3.63, 3.8) is 0 Å². The lowest BCUT2D eigenvalue weighted by Gasteiger charge is -2.38. The van der Waals surface area contributed by atoms with Crippen LogP contribution in [0.1, 0.15) is 0 Å². The zero-order valence-electron chi connectivity index (χ0n) is 9.90. The second-order valence-corrected chi connectivity index (χ2v) is 5.93. The van der Waals surface area contributed by atoms with Crippen molar-refractivity contribution >= 4 is 40.0 Å². The van der Waals surface area contributed by atoms with E-state index in [0.29, 0.717) is 0 Å². The molecular weight excluding hydrogens is 343 g/mol. The molecule has 2 aliphatic rings. The first kappa shape index (κ1) is 11.9. The van der Waals surface area contributed by atoms with Crippen molar-refractivity contribution in [2.24, 2.45) is 0 Å². The van der Waals surface area contributed by atoms with Gasteiger partial charge in [0.15, 0.2) is 0 Å². The fraction of sp³-hybridized carbons (Fsp3) is 0.417. The van der Waals surface area contributed by atoms with Crippen LogP contribution in [-0.2, 0) is 0 Å². The lowest BCUT2D eigenvalue weighted by Crippen LogP contribution is -2.52. The maximum atomic E-state index is 11.5. The average Bonchev–Trinajstić information content (AvgIpc) is 2.71. The minimum Gasteiger partial charge on any atom is -0.397 e. The Morgan fingerprint density at radius 3 is 3.00 bits per heavy atom. The van der Waals surface area contributed by atoms with Gasteiger partial charge in [-0.3, -0.25) is 0 Å². The van der Waals surface area contributed by atoms with Gasteiger partial charge >= 0.3 is 6.03 Å². The minimum atomic E-state index is 0.0650. The van der Waals surface area contributed by atoms with Gasteiger partial charge < -0.3 is 20.9 Å². The summed E-state index contributed by atoms with van der Waals surface area (Å²) in [6, 6.07) is 6.45. The first-order chi connectivity index (χ1) is 8.65. The summed E-state index contributed by atoms with van der Waals surface area (Å²) in [5, 5.41) is 2.89. The molecule has 1 aromatic rings. The third kappa shape index (κ3) is 1.98. The van der Waals surface area contributed by atoms with E-state index in [1.54, 1.807) is 0 Å². The zero-order chi connectivity index (χ0) is 12.7. The Kier molecular flexibility index (Phi) is 2.96. The van der Waals surface area contributed by atoms with Gasteiger partial charge in [0.05, 0.1) is 17.4 Å². The molecule has 0 saturated carbocycles. The number of amides is 2. The number of benzene rings is 1. The number of fused-ring (bicyclic) bond motifs is 1. The fourth-order valence-corrected chi connectivity index (χ4v) is 3.15. The number of halogens is 1. The van der Waals surface area contributed by atoms with Crippen LogP contribution in [-0.4, -0.2) is 43.2 Å². The maximum Gasteiger partial charge on any atom is 0.317 e.